The van der Waals surface area contributed by atoms with Crippen LogP contribution in [-0.2, 0) is 9.53 Å². The molecule has 0 aliphatic heterocycles. The van der Waals surface area contributed by atoms with E-state index in [1.807, 2.05) is 13.0 Å². The SMILES string of the molecule is C=CCCCCC(CC)OC=O. The highest BCUT2D eigenvalue weighted by Gasteiger charge is 2.04. The molecule has 0 N–H and O–H groups in total. The van der Waals surface area contributed by atoms with E-state index in [1.54, 1.807) is 0 Å². The van der Waals surface area contributed by atoms with Crippen LogP contribution in [0.15, 0.2) is 12.7 Å². The Morgan fingerprint density at radius 3 is 2.75 bits per heavy atom. The summed E-state index contributed by atoms with van der Waals surface area (Å²) in [7, 11) is 0. The molecule has 0 aromatic rings. The maximum atomic E-state index is 10.0. The number of hydrogen-bond acceptors (Lipinski definition) is 2. The molecule has 0 aromatic heterocycles. The fourth-order valence-electron chi connectivity index (χ4n) is 1.11. The van der Waals surface area contributed by atoms with Gasteiger partial charge in [0.05, 0.1) is 0 Å². The lowest BCUT2D eigenvalue weighted by Gasteiger charge is -2.11. The molecule has 2 heteroatoms. The molecule has 0 radical (unpaired) electrons. The Balaban J connectivity index is 3.30. The zero-order chi connectivity index (χ0) is 9.23. The second-order valence-electron chi connectivity index (χ2n) is 2.84. The molecule has 1 atom stereocenters. The molecule has 1 unspecified atom stereocenters. The van der Waals surface area contributed by atoms with Crippen LogP contribution in [0.25, 0.3) is 0 Å². The molecular weight excluding hydrogens is 152 g/mol. The first-order chi connectivity index (χ1) is 5.85. The van der Waals surface area contributed by atoms with Gasteiger partial charge in [0, 0.05) is 0 Å². The number of rotatable bonds is 8. The van der Waals surface area contributed by atoms with E-state index in [1.165, 1.54) is 0 Å². The summed E-state index contributed by atoms with van der Waals surface area (Å²) in [5.41, 5.74) is 0. The molecule has 0 amide bonds. The molecule has 0 aliphatic rings. The van der Waals surface area contributed by atoms with Gasteiger partial charge in [0.2, 0.25) is 0 Å². The van der Waals surface area contributed by atoms with Crippen LogP contribution in [0.2, 0.25) is 0 Å². The molecule has 12 heavy (non-hydrogen) atoms. The highest BCUT2D eigenvalue weighted by Crippen LogP contribution is 2.08. The van der Waals surface area contributed by atoms with Crippen molar-refractivity contribution in [2.24, 2.45) is 0 Å². The fraction of sp³-hybridized carbons (Fsp3) is 0.700. The van der Waals surface area contributed by atoms with Crippen molar-refractivity contribution < 1.29 is 9.53 Å². The van der Waals surface area contributed by atoms with E-state index < -0.39 is 0 Å². The Kier molecular flexibility index (Phi) is 7.76. The summed E-state index contributed by atoms with van der Waals surface area (Å²) in [5.74, 6) is 0. The lowest BCUT2D eigenvalue weighted by Crippen LogP contribution is -2.10. The molecule has 0 bridgehead atoms. The number of hydrogen-bond donors (Lipinski definition) is 0. The molecule has 0 rings (SSSR count). The highest BCUT2D eigenvalue weighted by molar-refractivity contribution is 5.37. The lowest BCUT2D eigenvalue weighted by atomic mass is 10.1. The van der Waals surface area contributed by atoms with E-state index in [-0.39, 0.29) is 6.10 Å². The van der Waals surface area contributed by atoms with Crippen molar-refractivity contribution in [2.45, 2.75) is 45.1 Å². The van der Waals surface area contributed by atoms with Gasteiger partial charge in [-0.25, -0.2) is 0 Å². The number of carbonyl (C=O) groups excluding carboxylic acids is 1. The maximum Gasteiger partial charge on any atom is 0.293 e. The van der Waals surface area contributed by atoms with Crippen molar-refractivity contribution >= 4 is 6.47 Å². The normalized spacial score (nSPS) is 12.1. The number of ether oxygens (including phenoxy) is 1. The molecule has 2 nitrogen and oxygen atoms in total. The average molecular weight is 170 g/mol. The third kappa shape index (κ3) is 5.96. The van der Waals surface area contributed by atoms with Crippen LogP contribution in [0.4, 0.5) is 0 Å². The summed E-state index contributed by atoms with van der Waals surface area (Å²) >= 11 is 0. The first-order valence-electron chi connectivity index (χ1n) is 4.55. The smallest absolute Gasteiger partial charge is 0.293 e. The molecule has 0 saturated carbocycles. The van der Waals surface area contributed by atoms with Crippen molar-refractivity contribution in [3.8, 4) is 0 Å². The molecule has 0 aromatic carbocycles. The standard InChI is InChI=1S/C10H18O2/c1-3-5-6-7-8-10(4-2)12-9-11/h3,9-10H,1,4-8H2,2H3. The number of allylic oxidation sites excluding steroid dienone is 1. The zero-order valence-corrected chi connectivity index (χ0v) is 7.79. The largest absolute Gasteiger partial charge is 0.465 e. The van der Waals surface area contributed by atoms with Gasteiger partial charge >= 0.3 is 0 Å². The van der Waals surface area contributed by atoms with Gasteiger partial charge in [-0.2, -0.15) is 0 Å². The molecule has 0 aliphatic carbocycles. The monoisotopic (exact) mass is 170 g/mol. The van der Waals surface area contributed by atoms with Gasteiger partial charge in [0.1, 0.15) is 6.10 Å². The average Bonchev–Trinajstić information content (AvgIpc) is 2.10. The van der Waals surface area contributed by atoms with Crippen molar-refractivity contribution in [2.75, 3.05) is 0 Å². The predicted molar refractivity (Wildman–Crippen MR) is 49.9 cm³/mol. The van der Waals surface area contributed by atoms with E-state index in [0.717, 1.165) is 32.1 Å². The molecule has 0 spiro atoms. The van der Waals surface area contributed by atoms with E-state index in [0.29, 0.717) is 6.47 Å². The van der Waals surface area contributed by atoms with Crippen LogP contribution >= 0.6 is 0 Å². The third-order valence-corrected chi connectivity index (χ3v) is 1.89. The quantitative estimate of drug-likeness (QED) is 0.318. The Morgan fingerprint density at radius 1 is 1.50 bits per heavy atom. The van der Waals surface area contributed by atoms with Gasteiger partial charge in [-0.15, -0.1) is 6.58 Å². The second-order valence-corrected chi connectivity index (χ2v) is 2.84. The van der Waals surface area contributed by atoms with E-state index in [9.17, 15) is 4.79 Å². The van der Waals surface area contributed by atoms with Crippen molar-refractivity contribution in [1.29, 1.82) is 0 Å². The van der Waals surface area contributed by atoms with Gasteiger partial charge < -0.3 is 4.74 Å². The van der Waals surface area contributed by atoms with Crippen molar-refractivity contribution in [3.05, 3.63) is 12.7 Å². The minimum Gasteiger partial charge on any atom is -0.465 e. The summed E-state index contributed by atoms with van der Waals surface area (Å²) in [4.78, 5) is 10.0. The van der Waals surface area contributed by atoms with E-state index in [4.69, 9.17) is 4.74 Å². The van der Waals surface area contributed by atoms with Crippen LogP contribution < -0.4 is 0 Å². The van der Waals surface area contributed by atoms with E-state index >= 15 is 0 Å². The molecule has 0 saturated heterocycles. The minimum atomic E-state index is 0.118. The fourth-order valence-corrected chi connectivity index (χ4v) is 1.11. The number of carbonyl (C=O) groups is 1. The Morgan fingerprint density at radius 2 is 2.25 bits per heavy atom. The van der Waals surface area contributed by atoms with Gasteiger partial charge in [0.15, 0.2) is 0 Å². The van der Waals surface area contributed by atoms with Gasteiger partial charge in [-0.3, -0.25) is 4.79 Å². The number of unbranched alkanes of at least 4 members (excludes halogenated alkanes) is 2. The van der Waals surface area contributed by atoms with Crippen LogP contribution in [0.3, 0.4) is 0 Å². The summed E-state index contributed by atoms with van der Waals surface area (Å²) < 4.78 is 4.86. The first kappa shape index (κ1) is 11.2. The van der Waals surface area contributed by atoms with Crippen molar-refractivity contribution in [3.63, 3.8) is 0 Å². The van der Waals surface area contributed by atoms with Crippen molar-refractivity contribution in [1.82, 2.24) is 0 Å². The van der Waals surface area contributed by atoms with E-state index in [2.05, 4.69) is 6.58 Å². The lowest BCUT2D eigenvalue weighted by molar-refractivity contribution is -0.134. The maximum absolute atomic E-state index is 10.0. The second kappa shape index (κ2) is 8.31. The first-order valence-corrected chi connectivity index (χ1v) is 4.55. The Hall–Kier alpha value is -0.790. The third-order valence-electron chi connectivity index (χ3n) is 1.89. The summed E-state index contributed by atoms with van der Waals surface area (Å²) in [6.07, 6.45) is 7.22. The van der Waals surface area contributed by atoms with Gasteiger partial charge in [0.25, 0.3) is 6.47 Å². The summed E-state index contributed by atoms with van der Waals surface area (Å²) in [6, 6.07) is 0. The molecule has 0 fully saturated rings. The van der Waals surface area contributed by atoms with Crippen LogP contribution in [-0.4, -0.2) is 12.6 Å². The molecular formula is C10H18O2. The van der Waals surface area contributed by atoms with Gasteiger partial charge in [-0.05, 0) is 32.1 Å². The summed E-state index contributed by atoms with van der Waals surface area (Å²) in [6.45, 7) is 6.22. The highest BCUT2D eigenvalue weighted by atomic mass is 16.5. The zero-order valence-electron chi connectivity index (χ0n) is 7.79. The van der Waals surface area contributed by atoms with Crippen LogP contribution in [0, 0.1) is 0 Å². The Bertz CT molecular complexity index is 121. The topological polar surface area (TPSA) is 26.3 Å². The predicted octanol–water partition coefficient (Wildman–Crippen LogP) is 2.68. The van der Waals surface area contributed by atoms with Gasteiger partial charge in [-0.1, -0.05) is 13.0 Å². The minimum absolute atomic E-state index is 0.118. The molecule has 70 valence electrons. The van der Waals surface area contributed by atoms with Crippen LogP contribution in [0.5, 0.6) is 0 Å². The van der Waals surface area contributed by atoms with Crippen LogP contribution in [0.1, 0.15) is 39.0 Å². The molecule has 0 heterocycles. The summed E-state index contributed by atoms with van der Waals surface area (Å²) in [5, 5.41) is 0. The Labute approximate surface area is 74.6 Å².